The summed E-state index contributed by atoms with van der Waals surface area (Å²) in [5.41, 5.74) is 1.08. The van der Waals surface area contributed by atoms with Crippen LogP contribution in [0, 0.1) is 0 Å². The first-order valence-electron chi connectivity index (χ1n) is 8.06. The van der Waals surface area contributed by atoms with Crippen molar-refractivity contribution < 1.29 is 4.42 Å². The van der Waals surface area contributed by atoms with Gasteiger partial charge in [0.15, 0.2) is 0 Å². The molecule has 0 spiro atoms. The number of anilines is 1. The van der Waals surface area contributed by atoms with Crippen molar-refractivity contribution >= 4 is 5.95 Å². The summed E-state index contributed by atoms with van der Waals surface area (Å²) < 4.78 is 7.63. The van der Waals surface area contributed by atoms with Gasteiger partial charge in [-0.1, -0.05) is 0 Å². The lowest BCUT2D eigenvalue weighted by atomic mass is 10.3. The standard InChI is InChI=1S/C17H20N6O/c1-21(12-15-4-2-9-24-15)10-14-11-22-7-8-23(13-16(22)20-14)17-18-5-3-6-19-17/h2-6,9,11H,7-8,10,12-13H2,1H3. The molecule has 0 saturated carbocycles. The molecule has 0 atom stereocenters. The third-order valence-electron chi connectivity index (χ3n) is 4.12. The van der Waals surface area contributed by atoms with Crippen molar-refractivity contribution in [2.75, 3.05) is 18.5 Å². The maximum absolute atomic E-state index is 5.40. The summed E-state index contributed by atoms with van der Waals surface area (Å²) in [6, 6.07) is 5.74. The first-order chi connectivity index (χ1) is 11.8. The molecule has 0 aliphatic carbocycles. The number of aromatic nitrogens is 4. The fraction of sp³-hybridized carbons (Fsp3) is 0.353. The predicted octanol–water partition coefficient (Wildman–Crippen LogP) is 1.92. The minimum atomic E-state index is 0.742. The van der Waals surface area contributed by atoms with Gasteiger partial charge in [0.25, 0.3) is 0 Å². The summed E-state index contributed by atoms with van der Waals surface area (Å²) in [5.74, 6) is 2.80. The quantitative estimate of drug-likeness (QED) is 0.714. The van der Waals surface area contributed by atoms with Gasteiger partial charge in [-0.3, -0.25) is 4.90 Å². The van der Waals surface area contributed by atoms with Crippen molar-refractivity contribution in [3.05, 3.63) is 60.3 Å². The summed E-state index contributed by atoms with van der Waals surface area (Å²) >= 11 is 0. The maximum atomic E-state index is 5.40. The van der Waals surface area contributed by atoms with Crippen molar-refractivity contribution in [2.45, 2.75) is 26.2 Å². The molecule has 0 aromatic carbocycles. The SMILES string of the molecule is CN(Cc1cn2c(n1)CN(c1ncccn1)CC2)Cc1ccco1. The number of nitrogens with zero attached hydrogens (tertiary/aromatic N) is 6. The smallest absolute Gasteiger partial charge is 0.225 e. The molecule has 4 heterocycles. The maximum Gasteiger partial charge on any atom is 0.225 e. The van der Waals surface area contributed by atoms with Gasteiger partial charge in [-0.25, -0.2) is 15.0 Å². The third-order valence-corrected chi connectivity index (χ3v) is 4.12. The molecule has 4 rings (SSSR count). The molecule has 24 heavy (non-hydrogen) atoms. The van der Waals surface area contributed by atoms with Gasteiger partial charge in [-0.05, 0) is 25.2 Å². The normalized spacial score (nSPS) is 14.2. The lowest BCUT2D eigenvalue weighted by Gasteiger charge is -2.27. The van der Waals surface area contributed by atoms with Crippen molar-refractivity contribution in [3.8, 4) is 0 Å². The van der Waals surface area contributed by atoms with Crippen molar-refractivity contribution in [1.82, 2.24) is 24.4 Å². The molecule has 0 saturated heterocycles. The minimum Gasteiger partial charge on any atom is -0.468 e. The van der Waals surface area contributed by atoms with Gasteiger partial charge in [0.1, 0.15) is 11.6 Å². The molecular weight excluding hydrogens is 304 g/mol. The first-order valence-corrected chi connectivity index (χ1v) is 8.06. The Morgan fingerprint density at radius 1 is 1.17 bits per heavy atom. The van der Waals surface area contributed by atoms with Crippen LogP contribution >= 0.6 is 0 Å². The van der Waals surface area contributed by atoms with Gasteiger partial charge in [0.2, 0.25) is 5.95 Å². The van der Waals surface area contributed by atoms with Crippen LogP contribution in [0.5, 0.6) is 0 Å². The molecule has 0 bridgehead atoms. The van der Waals surface area contributed by atoms with Crippen LogP contribution in [0.2, 0.25) is 0 Å². The van der Waals surface area contributed by atoms with E-state index in [2.05, 4.69) is 37.6 Å². The zero-order chi connectivity index (χ0) is 16.4. The van der Waals surface area contributed by atoms with Gasteiger partial charge in [-0.2, -0.15) is 0 Å². The number of furan rings is 1. The Kier molecular flexibility index (Phi) is 4.00. The Hall–Kier alpha value is -2.67. The van der Waals surface area contributed by atoms with Crippen LogP contribution in [0.25, 0.3) is 0 Å². The summed E-state index contributed by atoms with van der Waals surface area (Å²) in [7, 11) is 2.07. The highest BCUT2D eigenvalue weighted by Gasteiger charge is 2.20. The Morgan fingerprint density at radius 3 is 2.83 bits per heavy atom. The highest BCUT2D eigenvalue weighted by atomic mass is 16.3. The average Bonchev–Trinajstić information content (AvgIpc) is 3.23. The molecular formula is C17H20N6O. The number of imidazole rings is 1. The molecule has 0 fully saturated rings. The fourth-order valence-corrected chi connectivity index (χ4v) is 3.01. The zero-order valence-electron chi connectivity index (χ0n) is 13.7. The molecule has 124 valence electrons. The van der Waals surface area contributed by atoms with Crippen molar-refractivity contribution in [3.63, 3.8) is 0 Å². The van der Waals surface area contributed by atoms with Gasteiger partial charge in [0, 0.05) is 38.2 Å². The van der Waals surface area contributed by atoms with E-state index in [0.29, 0.717) is 0 Å². The van der Waals surface area contributed by atoms with E-state index in [-0.39, 0.29) is 0 Å². The molecule has 0 unspecified atom stereocenters. The van der Waals surface area contributed by atoms with E-state index in [1.807, 2.05) is 18.2 Å². The number of hydrogen-bond donors (Lipinski definition) is 0. The second-order valence-electron chi connectivity index (χ2n) is 6.06. The minimum absolute atomic E-state index is 0.742. The van der Waals surface area contributed by atoms with Crippen LogP contribution in [0.4, 0.5) is 5.95 Å². The number of hydrogen-bond acceptors (Lipinski definition) is 6. The summed E-state index contributed by atoms with van der Waals surface area (Å²) in [5, 5.41) is 0. The van der Waals surface area contributed by atoms with E-state index in [1.165, 1.54) is 0 Å². The van der Waals surface area contributed by atoms with Gasteiger partial charge in [0.05, 0.1) is 25.0 Å². The Balaban J connectivity index is 1.43. The zero-order valence-corrected chi connectivity index (χ0v) is 13.7. The summed E-state index contributed by atoms with van der Waals surface area (Å²) in [6.45, 7) is 4.12. The van der Waals surface area contributed by atoms with E-state index in [4.69, 9.17) is 9.40 Å². The van der Waals surface area contributed by atoms with Crippen LogP contribution in [0.1, 0.15) is 17.3 Å². The number of fused-ring (bicyclic) bond motifs is 1. The molecule has 0 N–H and O–H groups in total. The summed E-state index contributed by atoms with van der Waals surface area (Å²) in [4.78, 5) is 17.8. The highest BCUT2D eigenvalue weighted by molar-refractivity contribution is 5.30. The van der Waals surface area contributed by atoms with Crippen molar-refractivity contribution in [1.29, 1.82) is 0 Å². The van der Waals surface area contributed by atoms with E-state index in [0.717, 1.165) is 56.0 Å². The molecule has 7 heteroatoms. The Morgan fingerprint density at radius 2 is 2.04 bits per heavy atom. The lowest BCUT2D eigenvalue weighted by Crippen LogP contribution is -2.34. The van der Waals surface area contributed by atoms with E-state index in [9.17, 15) is 0 Å². The second kappa shape index (κ2) is 6.45. The van der Waals surface area contributed by atoms with Crippen LogP contribution in [-0.2, 0) is 26.2 Å². The molecule has 0 amide bonds. The van der Waals surface area contributed by atoms with Crippen LogP contribution in [-0.4, -0.2) is 38.0 Å². The van der Waals surface area contributed by atoms with E-state index >= 15 is 0 Å². The largest absolute Gasteiger partial charge is 0.468 e. The Bertz CT molecular complexity index is 783. The van der Waals surface area contributed by atoms with Gasteiger partial charge >= 0.3 is 0 Å². The first kappa shape index (κ1) is 14.9. The fourth-order valence-electron chi connectivity index (χ4n) is 3.01. The average molecular weight is 324 g/mol. The lowest BCUT2D eigenvalue weighted by molar-refractivity contribution is 0.285. The van der Waals surface area contributed by atoms with Crippen LogP contribution in [0.15, 0.2) is 47.5 Å². The highest BCUT2D eigenvalue weighted by Crippen LogP contribution is 2.18. The molecule has 0 radical (unpaired) electrons. The predicted molar refractivity (Wildman–Crippen MR) is 89.2 cm³/mol. The van der Waals surface area contributed by atoms with Crippen molar-refractivity contribution in [2.24, 2.45) is 0 Å². The van der Waals surface area contributed by atoms with E-state index < -0.39 is 0 Å². The second-order valence-corrected chi connectivity index (χ2v) is 6.06. The van der Waals surface area contributed by atoms with Gasteiger partial charge < -0.3 is 13.9 Å². The Labute approximate surface area is 140 Å². The molecule has 3 aromatic heterocycles. The van der Waals surface area contributed by atoms with Gasteiger partial charge in [-0.15, -0.1) is 0 Å². The van der Waals surface area contributed by atoms with Crippen LogP contribution < -0.4 is 4.90 Å². The molecule has 7 nitrogen and oxygen atoms in total. The topological polar surface area (TPSA) is 63.2 Å². The monoisotopic (exact) mass is 324 g/mol. The molecule has 3 aromatic rings. The van der Waals surface area contributed by atoms with E-state index in [1.54, 1.807) is 18.7 Å². The number of rotatable bonds is 5. The summed E-state index contributed by atoms with van der Waals surface area (Å²) in [6.07, 6.45) is 7.41. The third kappa shape index (κ3) is 3.16. The molecule has 1 aliphatic rings. The van der Waals surface area contributed by atoms with Crippen LogP contribution in [0.3, 0.4) is 0 Å². The molecule has 1 aliphatic heterocycles.